The van der Waals surface area contributed by atoms with Crippen LogP contribution in [0.1, 0.15) is 11.1 Å². The smallest absolute Gasteiger partial charge is 0.191 e. The van der Waals surface area contributed by atoms with Crippen LogP contribution in [0.25, 0.3) is 0 Å². The normalized spacial score (nSPS) is 10.8. The fourth-order valence-electron chi connectivity index (χ4n) is 2.49. The minimum absolute atomic E-state index is 0.173. The maximum atomic E-state index is 13.6. The molecule has 2 rings (SSSR count). The standard InChI is InChI=1S/C21H24FN3O2/c1-4-13-27-20-14-16(9-10-19(20)26-3)15-25-21(23-2)24-12-11-17-7-5-6-8-18(17)22/h1,5-10,14H,11-13,15H2,2-3H3,(H2,23,24,25). The summed E-state index contributed by atoms with van der Waals surface area (Å²) in [4.78, 5) is 4.18. The first kappa shape index (κ1) is 20.1. The highest BCUT2D eigenvalue weighted by atomic mass is 19.1. The van der Waals surface area contributed by atoms with Gasteiger partial charge in [0, 0.05) is 20.1 Å². The molecule has 2 aromatic rings. The Bertz CT molecular complexity index is 815. The minimum Gasteiger partial charge on any atom is -0.493 e. The molecule has 0 aliphatic heterocycles. The van der Waals surface area contributed by atoms with Gasteiger partial charge in [0.15, 0.2) is 17.5 Å². The molecule has 27 heavy (non-hydrogen) atoms. The maximum absolute atomic E-state index is 13.6. The van der Waals surface area contributed by atoms with Crippen LogP contribution in [0.2, 0.25) is 0 Å². The molecule has 0 aromatic heterocycles. The number of rotatable bonds is 8. The maximum Gasteiger partial charge on any atom is 0.191 e. The Balaban J connectivity index is 1.88. The largest absolute Gasteiger partial charge is 0.493 e. The molecule has 5 nitrogen and oxygen atoms in total. The number of hydrogen-bond acceptors (Lipinski definition) is 3. The van der Waals surface area contributed by atoms with Gasteiger partial charge in [-0.05, 0) is 35.7 Å². The molecule has 0 heterocycles. The zero-order valence-electron chi connectivity index (χ0n) is 15.6. The number of aliphatic imine (C=N–C) groups is 1. The van der Waals surface area contributed by atoms with Gasteiger partial charge in [0.05, 0.1) is 7.11 Å². The molecule has 0 aliphatic rings. The molecule has 0 radical (unpaired) electrons. The number of hydrogen-bond donors (Lipinski definition) is 2. The number of halogens is 1. The summed E-state index contributed by atoms with van der Waals surface area (Å²) in [5.74, 6) is 4.10. The summed E-state index contributed by atoms with van der Waals surface area (Å²) in [6.45, 7) is 1.28. The van der Waals surface area contributed by atoms with Crippen LogP contribution in [0.4, 0.5) is 4.39 Å². The van der Waals surface area contributed by atoms with Crippen LogP contribution >= 0.6 is 0 Å². The summed E-state index contributed by atoms with van der Waals surface area (Å²) in [6.07, 6.45) is 5.81. The average Bonchev–Trinajstić information content (AvgIpc) is 2.70. The van der Waals surface area contributed by atoms with E-state index in [4.69, 9.17) is 15.9 Å². The van der Waals surface area contributed by atoms with Crippen LogP contribution in [0.5, 0.6) is 11.5 Å². The Kier molecular flexibility index (Phi) is 7.98. The van der Waals surface area contributed by atoms with Crippen molar-refractivity contribution < 1.29 is 13.9 Å². The second-order valence-electron chi connectivity index (χ2n) is 5.67. The molecule has 0 saturated carbocycles. The number of terminal acetylenes is 1. The molecule has 0 spiro atoms. The topological polar surface area (TPSA) is 54.9 Å². The molecule has 2 aromatic carbocycles. The summed E-state index contributed by atoms with van der Waals surface area (Å²) >= 11 is 0. The first-order valence-corrected chi connectivity index (χ1v) is 8.59. The zero-order chi connectivity index (χ0) is 19.5. The van der Waals surface area contributed by atoms with E-state index in [0.29, 0.717) is 42.5 Å². The van der Waals surface area contributed by atoms with Gasteiger partial charge in [-0.2, -0.15) is 0 Å². The van der Waals surface area contributed by atoms with Crippen LogP contribution in [0.3, 0.4) is 0 Å². The Labute approximate surface area is 159 Å². The van der Waals surface area contributed by atoms with Crippen molar-refractivity contribution >= 4 is 5.96 Å². The molecule has 0 bridgehead atoms. The minimum atomic E-state index is -0.194. The van der Waals surface area contributed by atoms with Crippen molar-refractivity contribution in [3.05, 3.63) is 59.4 Å². The van der Waals surface area contributed by atoms with E-state index in [1.807, 2.05) is 24.3 Å². The molecular weight excluding hydrogens is 345 g/mol. The van der Waals surface area contributed by atoms with Gasteiger partial charge in [0.1, 0.15) is 12.4 Å². The van der Waals surface area contributed by atoms with Crippen molar-refractivity contribution in [2.24, 2.45) is 4.99 Å². The van der Waals surface area contributed by atoms with Gasteiger partial charge in [0.2, 0.25) is 0 Å². The van der Waals surface area contributed by atoms with Gasteiger partial charge in [0.25, 0.3) is 0 Å². The molecule has 0 aliphatic carbocycles. The molecule has 142 valence electrons. The molecular formula is C21H24FN3O2. The predicted molar refractivity (Wildman–Crippen MR) is 106 cm³/mol. The lowest BCUT2D eigenvalue weighted by molar-refractivity contribution is 0.330. The van der Waals surface area contributed by atoms with E-state index in [1.54, 1.807) is 26.3 Å². The van der Waals surface area contributed by atoms with Gasteiger partial charge >= 0.3 is 0 Å². The number of nitrogens with zero attached hydrogens (tertiary/aromatic N) is 1. The summed E-state index contributed by atoms with van der Waals surface area (Å²) in [5.41, 5.74) is 1.66. The Morgan fingerprint density at radius 2 is 2.00 bits per heavy atom. The lowest BCUT2D eigenvalue weighted by Gasteiger charge is -2.14. The third-order valence-corrected chi connectivity index (χ3v) is 3.87. The van der Waals surface area contributed by atoms with E-state index in [9.17, 15) is 4.39 Å². The van der Waals surface area contributed by atoms with Crippen molar-refractivity contribution in [2.45, 2.75) is 13.0 Å². The second kappa shape index (κ2) is 10.7. The first-order chi connectivity index (χ1) is 13.2. The Morgan fingerprint density at radius 3 is 2.70 bits per heavy atom. The molecule has 0 unspecified atom stereocenters. The fraction of sp³-hybridized carbons (Fsp3) is 0.286. The van der Waals surface area contributed by atoms with Crippen LogP contribution < -0.4 is 20.1 Å². The van der Waals surface area contributed by atoms with Crippen molar-refractivity contribution in [1.82, 2.24) is 10.6 Å². The highest BCUT2D eigenvalue weighted by molar-refractivity contribution is 5.79. The molecule has 0 amide bonds. The molecule has 0 atom stereocenters. The fourth-order valence-corrected chi connectivity index (χ4v) is 2.49. The molecule has 0 fully saturated rings. The summed E-state index contributed by atoms with van der Waals surface area (Å²) in [7, 11) is 3.27. The van der Waals surface area contributed by atoms with E-state index >= 15 is 0 Å². The Morgan fingerprint density at radius 1 is 1.19 bits per heavy atom. The second-order valence-corrected chi connectivity index (χ2v) is 5.67. The monoisotopic (exact) mass is 369 g/mol. The van der Waals surface area contributed by atoms with Crippen molar-refractivity contribution in [1.29, 1.82) is 0 Å². The molecule has 6 heteroatoms. The van der Waals surface area contributed by atoms with Crippen molar-refractivity contribution in [3.8, 4) is 23.8 Å². The lowest BCUT2D eigenvalue weighted by atomic mass is 10.1. The van der Waals surface area contributed by atoms with E-state index < -0.39 is 0 Å². The van der Waals surface area contributed by atoms with Gasteiger partial charge in [-0.1, -0.05) is 30.2 Å². The highest BCUT2D eigenvalue weighted by Gasteiger charge is 2.07. The first-order valence-electron chi connectivity index (χ1n) is 8.59. The van der Waals surface area contributed by atoms with Crippen LogP contribution in [0, 0.1) is 18.2 Å². The van der Waals surface area contributed by atoms with Crippen LogP contribution in [-0.4, -0.2) is 33.3 Å². The third-order valence-electron chi connectivity index (χ3n) is 3.87. The highest BCUT2D eigenvalue weighted by Crippen LogP contribution is 2.27. The summed E-state index contributed by atoms with van der Waals surface area (Å²) < 4.78 is 24.4. The van der Waals surface area contributed by atoms with Gasteiger partial charge in [-0.25, -0.2) is 4.39 Å². The third kappa shape index (κ3) is 6.23. The number of benzene rings is 2. The average molecular weight is 369 g/mol. The van der Waals surface area contributed by atoms with Crippen LogP contribution in [-0.2, 0) is 13.0 Å². The number of guanidine groups is 1. The van der Waals surface area contributed by atoms with E-state index in [-0.39, 0.29) is 12.4 Å². The van der Waals surface area contributed by atoms with Gasteiger partial charge < -0.3 is 20.1 Å². The van der Waals surface area contributed by atoms with E-state index in [0.717, 1.165) is 5.56 Å². The zero-order valence-corrected chi connectivity index (χ0v) is 15.6. The predicted octanol–water partition coefficient (Wildman–Crippen LogP) is 2.75. The van der Waals surface area contributed by atoms with Crippen LogP contribution in [0.15, 0.2) is 47.5 Å². The number of nitrogens with one attached hydrogen (secondary N) is 2. The molecule has 2 N–H and O–H groups in total. The van der Waals surface area contributed by atoms with Gasteiger partial charge in [-0.3, -0.25) is 4.99 Å². The lowest BCUT2D eigenvalue weighted by Crippen LogP contribution is -2.37. The Hall–Kier alpha value is -3.20. The summed E-state index contributed by atoms with van der Waals surface area (Å²) in [5, 5.41) is 6.39. The van der Waals surface area contributed by atoms with E-state index in [2.05, 4.69) is 21.5 Å². The van der Waals surface area contributed by atoms with Crippen molar-refractivity contribution in [2.75, 3.05) is 27.3 Å². The van der Waals surface area contributed by atoms with Gasteiger partial charge in [-0.15, -0.1) is 6.42 Å². The number of methoxy groups -OCH3 is 1. The molecule has 0 saturated heterocycles. The quantitative estimate of drug-likeness (QED) is 0.427. The van der Waals surface area contributed by atoms with Crippen molar-refractivity contribution in [3.63, 3.8) is 0 Å². The SMILES string of the molecule is C#CCOc1cc(CNC(=NC)NCCc2ccccc2F)ccc1OC. The number of ether oxygens (including phenoxy) is 2. The van der Waals surface area contributed by atoms with E-state index in [1.165, 1.54) is 6.07 Å². The summed E-state index contributed by atoms with van der Waals surface area (Å²) in [6, 6.07) is 12.4.